The fourth-order valence-corrected chi connectivity index (χ4v) is 4.99. The van der Waals surface area contributed by atoms with Crippen LogP contribution in [0.4, 0.5) is 10.8 Å². The molecule has 184 valence electrons. The number of anilines is 2. The number of amides is 2. The number of nitrogens with one attached hydrogen (secondary N) is 1. The predicted molar refractivity (Wildman–Crippen MR) is 140 cm³/mol. The van der Waals surface area contributed by atoms with E-state index in [-0.39, 0.29) is 23.4 Å². The molecule has 10 heteroatoms. The van der Waals surface area contributed by atoms with Gasteiger partial charge in [-0.25, -0.2) is 9.67 Å². The van der Waals surface area contributed by atoms with E-state index in [2.05, 4.69) is 47.5 Å². The molecule has 36 heavy (non-hydrogen) atoms. The molecule has 0 unspecified atom stereocenters. The van der Waals surface area contributed by atoms with Gasteiger partial charge in [-0.05, 0) is 41.7 Å². The molecule has 2 aromatic heterocycles. The Kier molecular flexibility index (Phi) is 6.13. The van der Waals surface area contributed by atoms with Crippen LogP contribution in [0, 0.1) is 5.41 Å². The van der Waals surface area contributed by atoms with Crippen LogP contribution in [0.1, 0.15) is 32.8 Å². The fourth-order valence-electron chi connectivity index (χ4n) is 4.25. The van der Waals surface area contributed by atoms with Crippen molar-refractivity contribution < 1.29 is 9.59 Å². The molecule has 2 amide bonds. The van der Waals surface area contributed by atoms with E-state index < -0.39 is 5.91 Å². The summed E-state index contributed by atoms with van der Waals surface area (Å²) in [6.07, 6.45) is 1.30. The van der Waals surface area contributed by atoms with E-state index in [1.54, 1.807) is 24.3 Å². The van der Waals surface area contributed by atoms with Gasteiger partial charge in [0.25, 0.3) is 5.56 Å². The molecule has 2 aromatic carbocycles. The van der Waals surface area contributed by atoms with Gasteiger partial charge in [0.2, 0.25) is 11.8 Å². The Morgan fingerprint density at radius 2 is 1.94 bits per heavy atom. The zero-order chi connectivity index (χ0) is 25.4. The van der Waals surface area contributed by atoms with Crippen LogP contribution in [-0.2, 0) is 22.6 Å². The average Bonchev–Trinajstić information content (AvgIpc) is 3.46. The number of carbonyl (C=O) groups is 2. The fraction of sp³-hybridized carbons (Fsp3) is 0.308. The van der Waals surface area contributed by atoms with Crippen LogP contribution < -0.4 is 15.8 Å². The van der Waals surface area contributed by atoms with Crippen LogP contribution in [0.2, 0.25) is 0 Å². The maximum absolute atomic E-state index is 12.7. The summed E-state index contributed by atoms with van der Waals surface area (Å²) in [7, 11) is 0. The predicted octanol–water partition coefficient (Wildman–Crippen LogP) is 3.88. The van der Waals surface area contributed by atoms with Crippen molar-refractivity contribution in [2.24, 2.45) is 5.41 Å². The second kappa shape index (κ2) is 9.27. The molecule has 4 aromatic rings. The minimum absolute atomic E-state index is 0.0597. The van der Waals surface area contributed by atoms with E-state index >= 15 is 0 Å². The van der Waals surface area contributed by atoms with E-state index in [9.17, 15) is 14.4 Å². The lowest BCUT2D eigenvalue weighted by Crippen LogP contribution is -2.31. The van der Waals surface area contributed by atoms with Gasteiger partial charge >= 0.3 is 0 Å². The first-order valence-electron chi connectivity index (χ1n) is 11.7. The van der Waals surface area contributed by atoms with E-state index in [1.807, 2.05) is 22.4 Å². The van der Waals surface area contributed by atoms with Crippen molar-refractivity contribution in [2.45, 2.75) is 40.2 Å². The molecule has 0 saturated carbocycles. The Morgan fingerprint density at radius 1 is 1.14 bits per heavy atom. The third kappa shape index (κ3) is 4.90. The van der Waals surface area contributed by atoms with Gasteiger partial charge in [-0.2, -0.15) is 0 Å². The molecule has 3 heterocycles. The lowest BCUT2D eigenvalue weighted by Gasteiger charge is -2.23. The number of fused-ring (bicyclic) bond motifs is 2. The zero-order valence-electron chi connectivity index (χ0n) is 20.3. The molecule has 0 radical (unpaired) electrons. The average molecular weight is 503 g/mol. The molecule has 5 rings (SSSR count). The Morgan fingerprint density at radius 3 is 2.75 bits per heavy atom. The van der Waals surface area contributed by atoms with Gasteiger partial charge in [0.15, 0.2) is 5.13 Å². The Labute approximate surface area is 211 Å². The minimum atomic E-state index is -0.412. The highest BCUT2D eigenvalue weighted by Crippen LogP contribution is 2.35. The van der Waals surface area contributed by atoms with Crippen LogP contribution in [-0.4, -0.2) is 38.3 Å². The summed E-state index contributed by atoms with van der Waals surface area (Å²) in [6, 6.07) is 12.9. The van der Waals surface area contributed by atoms with Crippen molar-refractivity contribution in [1.29, 1.82) is 0 Å². The first-order chi connectivity index (χ1) is 17.2. The molecule has 0 spiro atoms. The summed E-state index contributed by atoms with van der Waals surface area (Å²) in [5.41, 5.74) is 3.79. The summed E-state index contributed by atoms with van der Waals surface area (Å²) < 4.78 is 1.04. The topological polar surface area (TPSA) is 110 Å². The van der Waals surface area contributed by atoms with Crippen LogP contribution in [0.15, 0.2) is 52.6 Å². The number of hydrogen-bond donors (Lipinski definition) is 1. The Hall–Kier alpha value is -3.92. The van der Waals surface area contributed by atoms with Crippen molar-refractivity contribution in [1.82, 2.24) is 20.0 Å². The van der Waals surface area contributed by atoms with Crippen molar-refractivity contribution in [3.05, 3.63) is 63.8 Å². The number of benzene rings is 2. The van der Waals surface area contributed by atoms with E-state index in [0.717, 1.165) is 33.6 Å². The summed E-state index contributed by atoms with van der Waals surface area (Å²) in [4.78, 5) is 44.3. The highest BCUT2D eigenvalue weighted by molar-refractivity contribution is 7.14. The zero-order valence-corrected chi connectivity index (χ0v) is 21.1. The highest BCUT2D eigenvalue weighted by atomic mass is 32.1. The summed E-state index contributed by atoms with van der Waals surface area (Å²) in [6.45, 7) is 6.62. The maximum atomic E-state index is 12.7. The number of rotatable bonds is 5. The van der Waals surface area contributed by atoms with Gasteiger partial charge in [-0.1, -0.05) is 44.2 Å². The molecule has 0 bridgehead atoms. The van der Waals surface area contributed by atoms with E-state index in [1.165, 1.54) is 11.3 Å². The van der Waals surface area contributed by atoms with E-state index in [0.29, 0.717) is 29.0 Å². The second-order valence-corrected chi connectivity index (χ2v) is 10.9. The van der Waals surface area contributed by atoms with Crippen LogP contribution in [0.5, 0.6) is 0 Å². The summed E-state index contributed by atoms with van der Waals surface area (Å²) in [5.74, 6) is -0.271. The Bertz CT molecular complexity index is 1530. The molecular formula is C26H26N6O3S. The van der Waals surface area contributed by atoms with E-state index in [4.69, 9.17) is 0 Å². The number of aromatic nitrogens is 4. The maximum Gasteiger partial charge on any atom is 0.278 e. The van der Waals surface area contributed by atoms with Gasteiger partial charge in [0, 0.05) is 29.6 Å². The molecule has 9 nitrogen and oxygen atoms in total. The van der Waals surface area contributed by atoms with Crippen molar-refractivity contribution in [3.63, 3.8) is 0 Å². The standard InChI is InChI=1S/C26H26N6O3S/c1-26(2,3)13-23(34)31-11-10-17-12-16(8-9-21(17)31)20-15-36-25(27-20)28-22(33)14-32-24(35)18-6-4-5-7-19(18)29-30-32/h4-9,12,15H,10-11,13-14H2,1-3H3,(H,27,28,33). The summed E-state index contributed by atoms with van der Waals surface area (Å²) in [5, 5.41) is 13.3. The Balaban J connectivity index is 1.27. The first-order valence-corrected chi connectivity index (χ1v) is 12.6. The SMILES string of the molecule is CC(C)(C)CC(=O)N1CCc2cc(-c3csc(NC(=O)Cn4nnc5ccccc5c4=O)n3)ccc21. The highest BCUT2D eigenvalue weighted by Gasteiger charge is 2.28. The number of thiazole rings is 1. The third-order valence-electron chi connectivity index (χ3n) is 5.93. The minimum Gasteiger partial charge on any atom is -0.312 e. The van der Waals surface area contributed by atoms with Crippen LogP contribution in [0.25, 0.3) is 22.2 Å². The molecule has 0 atom stereocenters. The van der Waals surface area contributed by atoms with Crippen molar-refractivity contribution in [2.75, 3.05) is 16.8 Å². The molecular weight excluding hydrogens is 476 g/mol. The second-order valence-electron chi connectivity index (χ2n) is 10.0. The van der Waals surface area contributed by atoms with Gasteiger partial charge in [-0.3, -0.25) is 14.4 Å². The molecule has 0 saturated heterocycles. The molecule has 0 aliphatic carbocycles. The summed E-state index contributed by atoms with van der Waals surface area (Å²) >= 11 is 1.30. The lowest BCUT2D eigenvalue weighted by atomic mass is 9.91. The van der Waals surface area contributed by atoms with Crippen LogP contribution >= 0.6 is 11.3 Å². The van der Waals surface area contributed by atoms with Gasteiger partial charge < -0.3 is 10.2 Å². The number of carbonyl (C=O) groups excluding carboxylic acids is 2. The largest absolute Gasteiger partial charge is 0.312 e. The normalized spacial score (nSPS) is 13.1. The number of nitrogens with zero attached hydrogens (tertiary/aromatic N) is 5. The molecule has 1 aliphatic heterocycles. The lowest BCUT2D eigenvalue weighted by molar-refractivity contribution is -0.120. The van der Waals surface area contributed by atoms with Gasteiger partial charge in [-0.15, -0.1) is 16.4 Å². The van der Waals surface area contributed by atoms with Crippen molar-refractivity contribution in [3.8, 4) is 11.3 Å². The molecule has 1 N–H and O–H groups in total. The quantitative estimate of drug-likeness (QED) is 0.444. The van der Waals surface area contributed by atoms with Gasteiger partial charge in [0.1, 0.15) is 12.1 Å². The third-order valence-corrected chi connectivity index (χ3v) is 6.68. The van der Waals surface area contributed by atoms with Crippen molar-refractivity contribution >= 4 is 44.9 Å². The first kappa shape index (κ1) is 23.8. The monoisotopic (exact) mass is 502 g/mol. The molecule has 0 fully saturated rings. The van der Waals surface area contributed by atoms with Crippen LogP contribution in [0.3, 0.4) is 0 Å². The molecule has 1 aliphatic rings. The van der Waals surface area contributed by atoms with Gasteiger partial charge in [0.05, 0.1) is 11.1 Å². The number of hydrogen-bond acceptors (Lipinski definition) is 7. The smallest absolute Gasteiger partial charge is 0.278 e.